The summed E-state index contributed by atoms with van der Waals surface area (Å²) in [5.41, 5.74) is 1.73. The van der Waals surface area contributed by atoms with E-state index in [2.05, 4.69) is 5.32 Å². The van der Waals surface area contributed by atoms with Crippen LogP contribution in [0.2, 0.25) is 10.0 Å². The zero-order valence-corrected chi connectivity index (χ0v) is 16.3. The highest BCUT2D eigenvalue weighted by Crippen LogP contribution is 2.40. The summed E-state index contributed by atoms with van der Waals surface area (Å²) >= 11 is 12.5. The largest absolute Gasteiger partial charge is 0.496 e. The number of hydrogen-bond donors (Lipinski definition) is 1. The van der Waals surface area contributed by atoms with Crippen LogP contribution in [-0.4, -0.2) is 26.2 Å². The molecule has 0 atom stereocenters. The molecule has 1 aliphatic rings. The molecular formula is C20H21Cl2NO3. The Hall–Kier alpha value is -1.75. The number of anilines is 1. The zero-order valence-electron chi connectivity index (χ0n) is 14.8. The summed E-state index contributed by atoms with van der Waals surface area (Å²) in [6, 6.07) is 10.9. The number of rotatable bonds is 4. The number of aryl methyl sites for hydroxylation is 1. The Kier molecular flexibility index (Phi) is 5.76. The Morgan fingerprint density at radius 3 is 2.50 bits per heavy atom. The average molecular weight is 394 g/mol. The van der Waals surface area contributed by atoms with E-state index < -0.39 is 5.41 Å². The van der Waals surface area contributed by atoms with Gasteiger partial charge in [0.15, 0.2) is 0 Å². The molecule has 3 rings (SSSR count). The molecule has 0 unspecified atom stereocenters. The topological polar surface area (TPSA) is 47.6 Å². The van der Waals surface area contributed by atoms with Crippen LogP contribution < -0.4 is 10.1 Å². The second-order valence-electron chi connectivity index (χ2n) is 6.46. The average Bonchev–Trinajstić information content (AvgIpc) is 2.62. The molecule has 1 saturated heterocycles. The van der Waals surface area contributed by atoms with Crippen molar-refractivity contribution in [3.63, 3.8) is 0 Å². The molecule has 1 amide bonds. The van der Waals surface area contributed by atoms with E-state index >= 15 is 0 Å². The molecule has 0 radical (unpaired) electrons. The maximum absolute atomic E-state index is 13.3. The van der Waals surface area contributed by atoms with Crippen molar-refractivity contribution in [2.24, 2.45) is 0 Å². The van der Waals surface area contributed by atoms with Gasteiger partial charge in [0.1, 0.15) is 5.75 Å². The fourth-order valence-electron chi connectivity index (χ4n) is 3.42. The van der Waals surface area contributed by atoms with Crippen molar-refractivity contribution in [3.05, 3.63) is 57.6 Å². The number of ether oxygens (including phenoxy) is 2. The fourth-order valence-corrected chi connectivity index (χ4v) is 4.01. The molecular weight excluding hydrogens is 373 g/mol. The van der Waals surface area contributed by atoms with E-state index in [1.165, 1.54) is 0 Å². The third kappa shape index (κ3) is 3.68. The van der Waals surface area contributed by atoms with Crippen LogP contribution in [0, 0.1) is 6.92 Å². The highest BCUT2D eigenvalue weighted by molar-refractivity contribution is 6.35. The van der Waals surface area contributed by atoms with Gasteiger partial charge in [0.25, 0.3) is 0 Å². The Morgan fingerprint density at radius 1 is 1.15 bits per heavy atom. The molecule has 6 heteroatoms. The molecule has 0 saturated carbocycles. The first-order valence-electron chi connectivity index (χ1n) is 8.45. The number of benzene rings is 2. The molecule has 2 aromatic rings. The molecule has 26 heavy (non-hydrogen) atoms. The second kappa shape index (κ2) is 7.87. The number of amides is 1. The lowest BCUT2D eigenvalue weighted by Gasteiger charge is -2.37. The standard InChI is InChI=1S/C20H21Cl2NO3/c1-13-11-15(4-6-18(13)25-2)23-19(24)20(7-9-26-10-8-20)16-5-3-14(21)12-17(16)22/h3-6,11-12H,7-10H2,1-2H3,(H,23,24). The van der Waals surface area contributed by atoms with E-state index in [-0.39, 0.29) is 5.91 Å². The van der Waals surface area contributed by atoms with E-state index in [0.29, 0.717) is 36.1 Å². The van der Waals surface area contributed by atoms with Crippen LogP contribution in [0.4, 0.5) is 5.69 Å². The van der Waals surface area contributed by atoms with Crippen molar-refractivity contribution < 1.29 is 14.3 Å². The molecule has 0 spiro atoms. The Balaban J connectivity index is 1.95. The van der Waals surface area contributed by atoms with Gasteiger partial charge in [0.05, 0.1) is 12.5 Å². The number of halogens is 2. The minimum absolute atomic E-state index is 0.0883. The van der Waals surface area contributed by atoms with E-state index in [1.54, 1.807) is 19.2 Å². The first kappa shape index (κ1) is 19.0. The van der Waals surface area contributed by atoms with Crippen molar-refractivity contribution in [1.82, 2.24) is 0 Å². The summed E-state index contributed by atoms with van der Waals surface area (Å²) in [5.74, 6) is 0.694. The van der Waals surface area contributed by atoms with E-state index in [1.807, 2.05) is 31.2 Å². The van der Waals surface area contributed by atoms with Gasteiger partial charge in [0, 0.05) is 28.9 Å². The molecule has 0 aliphatic carbocycles. The van der Waals surface area contributed by atoms with Gasteiger partial charge in [-0.3, -0.25) is 4.79 Å². The van der Waals surface area contributed by atoms with Crippen LogP contribution in [0.3, 0.4) is 0 Å². The van der Waals surface area contributed by atoms with Crippen LogP contribution in [0.25, 0.3) is 0 Å². The van der Waals surface area contributed by atoms with E-state index in [9.17, 15) is 4.79 Å². The van der Waals surface area contributed by atoms with Crippen molar-refractivity contribution >= 4 is 34.8 Å². The number of nitrogens with one attached hydrogen (secondary N) is 1. The number of methoxy groups -OCH3 is 1. The van der Waals surface area contributed by atoms with Crippen LogP contribution in [-0.2, 0) is 14.9 Å². The SMILES string of the molecule is COc1ccc(NC(=O)C2(c3ccc(Cl)cc3Cl)CCOCC2)cc1C. The lowest BCUT2D eigenvalue weighted by molar-refractivity contribution is -0.125. The normalized spacial score (nSPS) is 16.2. The smallest absolute Gasteiger partial charge is 0.235 e. The van der Waals surface area contributed by atoms with E-state index in [0.717, 1.165) is 22.6 Å². The highest BCUT2D eigenvalue weighted by Gasteiger charge is 2.43. The summed E-state index contributed by atoms with van der Waals surface area (Å²) in [7, 11) is 1.63. The van der Waals surface area contributed by atoms with Gasteiger partial charge < -0.3 is 14.8 Å². The van der Waals surface area contributed by atoms with Crippen LogP contribution in [0.15, 0.2) is 36.4 Å². The van der Waals surface area contributed by atoms with Gasteiger partial charge in [-0.1, -0.05) is 29.3 Å². The van der Waals surface area contributed by atoms with Crippen LogP contribution in [0.5, 0.6) is 5.75 Å². The van der Waals surface area contributed by atoms with Gasteiger partial charge in [-0.15, -0.1) is 0 Å². The van der Waals surface area contributed by atoms with Gasteiger partial charge in [-0.05, 0) is 61.2 Å². The second-order valence-corrected chi connectivity index (χ2v) is 7.30. The summed E-state index contributed by atoms with van der Waals surface area (Å²) in [6.07, 6.45) is 1.13. The van der Waals surface area contributed by atoms with Gasteiger partial charge in [0.2, 0.25) is 5.91 Å². The highest BCUT2D eigenvalue weighted by atomic mass is 35.5. The maximum Gasteiger partial charge on any atom is 0.235 e. The van der Waals surface area contributed by atoms with Crippen molar-refractivity contribution in [1.29, 1.82) is 0 Å². The number of carbonyl (C=O) groups excluding carboxylic acids is 1. The molecule has 4 nitrogen and oxygen atoms in total. The fraction of sp³-hybridized carbons (Fsp3) is 0.350. The lowest BCUT2D eigenvalue weighted by Crippen LogP contribution is -2.45. The van der Waals surface area contributed by atoms with Crippen molar-refractivity contribution in [3.8, 4) is 5.75 Å². The molecule has 138 valence electrons. The molecule has 0 bridgehead atoms. The maximum atomic E-state index is 13.3. The third-order valence-electron chi connectivity index (χ3n) is 4.88. The third-order valence-corrected chi connectivity index (χ3v) is 5.43. The molecule has 1 aliphatic heterocycles. The Morgan fingerprint density at radius 2 is 1.88 bits per heavy atom. The Bertz CT molecular complexity index is 817. The monoisotopic (exact) mass is 393 g/mol. The molecule has 1 N–H and O–H groups in total. The first-order chi connectivity index (χ1) is 12.5. The molecule has 0 aromatic heterocycles. The van der Waals surface area contributed by atoms with Crippen LogP contribution >= 0.6 is 23.2 Å². The van der Waals surface area contributed by atoms with Gasteiger partial charge in [-0.2, -0.15) is 0 Å². The molecule has 1 heterocycles. The summed E-state index contributed by atoms with van der Waals surface area (Å²) in [5, 5.41) is 4.09. The molecule has 1 fully saturated rings. The lowest BCUT2D eigenvalue weighted by atomic mass is 9.73. The van der Waals surface area contributed by atoms with Gasteiger partial charge >= 0.3 is 0 Å². The predicted octanol–water partition coefficient (Wildman–Crippen LogP) is 5.00. The summed E-state index contributed by atoms with van der Waals surface area (Å²) < 4.78 is 10.8. The number of hydrogen-bond acceptors (Lipinski definition) is 3. The van der Waals surface area contributed by atoms with E-state index in [4.69, 9.17) is 32.7 Å². The van der Waals surface area contributed by atoms with Crippen molar-refractivity contribution in [2.75, 3.05) is 25.6 Å². The number of carbonyl (C=O) groups is 1. The summed E-state index contributed by atoms with van der Waals surface area (Å²) in [6.45, 7) is 2.96. The Labute approximate surface area is 163 Å². The molecule has 2 aromatic carbocycles. The summed E-state index contributed by atoms with van der Waals surface area (Å²) in [4.78, 5) is 13.3. The quantitative estimate of drug-likeness (QED) is 0.794. The minimum atomic E-state index is -0.742. The minimum Gasteiger partial charge on any atom is -0.496 e. The van der Waals surface area contributed by atoms with Crippen LogP contribution in [0.1, 0.15) is 24.0 Å². The first-order valence-corrected chi connectivity index (χ1v) is 9.21. The van der Waals surface area contributed by atoms with Crippen molar-refractivity contribution in [2.45, 2.75) is 25.2 Å². The predicted molar refractivity (Wildman–Crippen MR) is 105 cm³/mol. The van der Waals surface area contributed by atoms with Gasteiger partial charge in [-0.25, -0.2) is 0 Å². The zero-order chi connectivity index (χ0) is 18.7.